The number of rotatable bonds is 6. The largest absolute Gasteiger partial charge is 0.370 e. The normalized spacial score (nSPS) is 26.6. The predicted molar refractivity (Wildman–Crippen MR) is 85.1 cm³/mol. The van der Waals surface area contributed by atoms with E-state index in [1.165, 1.54) is 44.9 Å². The summed E-state index contributed by atoms with van der Waals surface area (Å²) in [6.07, 6.45) is 9.74. The van der Waals surface area contributed by atoms with Crippen molar-refractivity contribution in [1.82, 2.24) is 10.2 Å². The van der Waals surface area contributed by atoms with Crippen LogP contribution in [-0.2, 0) is 4.74 Å². The molecule has 1 atom stereocenters. The maximum Gasteiger partial charge on any atom is 0.0708 e. The van der Waals surface area contributed by atoms with E-state index in [1.807, 2.05) is 0 Å². The molecule has 2 aliphatic rings. The van der Waals surface area contributed by atoms with Crippen molar-refractivity contribution >= 4 is 0 Å². The van der Waals surface area contributed by atoms with E-state index in [9.17, 15) is 0 Å². The van der Waals surface area contributed by atoms with Crippen LogP contribution in [0.2, 0.25) is 0 Å². The fraction of sp³-hybridized carbons (Fsp3) is 1.00. The highest BCUT2D eigenvalue weighted by atomic mass is 16.5. The molecule has 2 fully saturated rings. The van der Waals surface area contributed by atoms with Gasteiger partial charge in [-0.25, -0.2) is 0 Å². The van der Waals surface area contributed by atoms with Gasteiger partial charge in [-0.05, 0) is 45.2 Å². The first-order chi connectivity index (χ1) is 9.41. The highest BCUT2D eigenvalue weighted by Crippen LogP contribution is 2.41. The Hall–Kier alpha value is -0.120. The lowest BCUT2D eigenvalue weighted by molar-refractivity contribution is -0.0627. The van der Waals surface area contributed by atoms with Crippen LogP contribution in [0, 0.1) is 5.41 Å². The Labute approximate surface area is 125 Å². The van der Waals surface area contributed by atoms with Crippen molar-refractivity contribution in [2.24, 2.45) is 5.41 Å². The van der Waals surface area contributed by atoms with E-state index >= 15 is 0 Å². The standard InChI is InChI=1S/C17H34N2O/c1-16(2,14-19(3)4)13-18-12-15-8-11-17(20-15)9-6-5-7-10-17/h15,18H,5-14H2,1-4H3. The molecule has 1 unspecified atom stereocenters. The van der Waals surface area contributed by atoms with Crippen LogP contribution in [0.3, 0.4) is 0 Å². The molecule has 0 aromatic rings. The summed E-state index contributed by atoms with van der Waals surface area (Å²) in [6, 6.07) is 0. The molecular weight excluding hydrogens is 248 g/mol. The average molecular weight is 282 g/mol. The Morgan fingerprint density at radius 1 is 1.15 bits per heavy atom. The second-order valence-electron chi connectivity index (χ2n) is 8.06. The molecule has 1 spiro atoms. The molecule has 3 nitrogen and oxygen atoms in total. The van der Waals surface area contributed by atoms with Crippen LogP contribution in [-0.4, -0.2) is 50.3 Å². The van der Waals surface area contributed by atoms with Crippen LogP contribution >= 0.6 is 0 Å². The number of hydrogen-bond donors (Lipinski definition) is 1. The lowest BCUT2D eigenvalue weighted by Gasteiger charge is -2.33. The molecule has 1 heterocycles. The van der Waals surface area contributed by atoms with Crippen LogP contribution in [0.5, 0.6) is 0 Å². The van der Waals surface area contributed by atoms with Gasteiger partial charge in [-0.2, -0.15) is 0 Å². The van der Waals surface area contributed by atoms with Crippen molar-refractivity contribution < 1.29 is 4.74 Å². The summed E-state index contributed by atoms with van der Waals surface area (Å²) in [6.45, 7) is 7.88. The summed E-state index contributed by atoms with van der Waals surface area (Å²) in [5, 5.41) is 3.64. The van der Waals surface area contributed by atoms with Crippen molar-refractivity contribution in [1.29, 1.82) is 0 Å². The maximum absolute atomic E-state index is 6.41. The van der Waals surface area contributed by atoms with Crippen LogP contribution in [0.4, 0.5) is 0 Å². The Bertz CT molecular complexity index is 295. The average Bonchev–Trinajstić information content (AvgIpc) is 2.71. The van der Waals surface area contributed by atoms with E-state index in [4.69, 9.17) is 4.74 Å². The molecule has 1 saturated heterocycles. The first kappa shape index (κ1) is 16.3. The van der Waals surface area contributed by atoms with Crippen molar-refractivity contribution in [3.63, 3.8) is 0 Å². The lowest BCUT2D eigenvalue weighted by atomic mass is 9.83. The van der Waals surface area contributed by atoms with E-state index in [0.717, 1.165) is 19.6 Å². The zero-order valence-electron chi connectivity index (χ0n) is 14.0. The summed E-state index contributed by atoms with van der Waals surface area (Å²) in [4.78, 5) is 2.27. The smallest absolute Gasteiger partial charge is 0.0708 e. The summed E-state index contributed by atoms with van der Waals surface area (Å²) in [5.41, 5.74) is 0.592. The molecule has 1 aliphatic carbocycles. The second-order valence-corrected chi connectivity index (χ2v) is 8.06. The van der Waals surface area contributed by atoms with E-state index in [1.54, 1.807) is 0 Å². The Kier molecular flexibility index (Phi) is 5.49. The minimum atomic E-state index is 0.268. The number of nitrogens with one attached hydrogen (secondary N) is 1. The molecule has 0 radical (unpaired) electrons. The van der Waals surface area contributed by atoms with Gasteiger partial charge in [0.15, 0.2) is 0 Å². The van der Waals surface area contributed by atoms with Gasteiger partial charge in [0.1, 0.15) is 0 Å². The molecule has 1 saturated carbocycles. The van der Waals surface area contributed by atoms with Gasteiger partial charge in [0.25, 0.3) is 0 Å². The third-order valence-electron chi connectivity index (χ3n) is 4.82. The van der Waals surface area contributed by atoms with Gasteiger partial charge >= 0.3 is 0 Å². The van der Waals surface area contributed by atoms with Crippen molar-refractivity contribution in [2.45, 2.75) is 70.5 Å². The topological polar surface area (TPSA) is 24.5 Å². The Morgan fingerprint density at radius 2 is 1.85 bits per heavy atom. The van der Waals surface area contributed by atoms with E-state index < -0.39 is 0 Å². The first-order valence-electron chi connectivity index (χ1n) is 8.44. The monoisotopic (exact) mass is 282 g/mol. The van der Waals surface area contributed by atoms with Crippen molar-refractivity contribution in [3.8, 4) is 0 Å². The van der Waals surface area contributed by atoms with Crippen LogP contribution in [0.25, 0.3) is 0 Å². The molecule has 20 heavy (non-hydrogen) atoms. The zero-order chi connectivity index (χ0) is 14.6. The Balaban J connectivity index is 1.68. The van der Waals surface area contributed by atoms with Gasteiger partial charge in [0.05, 0.1) is 11.7 Å². The van der Waals surface area contributed by atoms with Crippen LogP contribution in [0.1, 0.15) is 58.8 Å². The summed E-state index contributed by atoms with van der Waals surface area (Å²) in [5.74, 6) is 0. The predicted octanol–water partition coefficient (Wildman–Crippen LogP) is 3.05. The van der Waals surface area contributed by atoms with Crippen LogP contribution in [0.15, 0.2) is 0 Å². The molecule has 0 bridgehead atoms. The quantitative estimate of drug-likeness (QED) is 0.810. The Morgan fingerprint density at radius 3 is 2.50 bits per heavy atom. The zero-order valence-corrected chi connectivity index (χ0v) is 14.0. The third-order valence-corrected chi connectivity index (χ3v) is 4.82. The molecule has 118 valence electrons. The molecule has 1 N–H and O–H groups in total. The summed E-state index contributed by atoms with van der Waals surface area (Å²) >= 11 is 0. The van der Waals surface area contributed by atoms with Crippen molar-refractivity contribution in [3.05, 3.63) is 0 Å². The maximum atomic E-state index is 6.41. The highest BCUT2D eigenvalue weighted by molar-refractivity contribution is 4.92. The van der Waals surface area contributed by atoms with Gasteiger partial charge in [-0.1, -0.05) is 33.1 Å². The molecule has 0 aromatic carbocycles. The molecule has 3 heteroatoms. The highest BCUT2D eigenvalue weighted by Gasteiger charge is 2.40. The summed E-state index contributed by atoms with van der Waals surface area (Å²) < 4.78 is 6.41. The number of hydrogen-bond acceptors (Lipinski definition) is 3. The van der Waals surface area contributed by atoms with Gasteiger partial charge in [0, 0.05) is 19.6 Å². The van der Waals surface area contributed by atoms with Crippen LogP contribution < -0.4 is 5.32 Å². The molecule has 2 rings (SSSR count). The molecule has 0 aromatic heterocycles. The van der Waals surface area contributed by atoms with Gasteiger partial charge < -0.3 is 15.0 Å². The van der Waals surface area contributed by atoms with E-state index in [2.05, 4.69) is 38.2 Å². The van der Waals surface area contributed by atoms with E-state index in [0.29, 0.717) is 11.5 Å². The lowest BCUT2D eigenvalue weighted by Crippen LogP contribution is -2.41. The minimum Gasteiger partial charge on any atom is -0.370 e. The van der Waals surface area contributed by atoms with E-state index in [-0.39, 0.29) is 5.60 Å². The molecule has 0 amide bonds. The number of ether oxygens (including phenoxy) is 1. The van der Waals surface area contributed by atoms with Gasteiger partial charge in [0.2, 0.25) is 0 Å². The number of nitrogens with zero attached hydrogens (tertiary/aromatic N) is 1. The summed E-state index contributed by atoms with van der Waals surface area (Å²) in [7, 11) is 4.29. The fourth-order valence-corrected chi connectivity index (χ4v) is 4.09. The fourth-order valence-electron chi connectivity index (χ4n) is 4.09. The second kappa shape index (κ2) is 6.76. The third kappa shape index (κ3) is 4.71. The first-order valence-corrected chi connectivity index (χ1v) is 8.44. The van der Waals surface area contributed by atoms with Gasteiger partial charge in [-0.15, -0.1) is 0 Å². The van der Waals surface area contributed by atoms with Crippen molar-refractivity contribution in [2.75, 3.05) is 33.7 Å². The van der Waals surface area contributed by atoms with Gasteiger partial charge in [-0.3, -0.25) is 0 Å². The minimum absolute atomic E-state index is 0.268. The molecular formula is C17H34N2O. The molecule has 1 aliphatic heterocycles. The SMILES string of the molecule is CN(C)CC(C)(C)CNCC1CCC2(CCCCC2)O1.